The van der Waals surface area contributed by atoms with Crippen LogP contribution in [-0.4, -0.2) is 33.8 Å². The zero-order valence-electron chi connectivity index (χ0n) is 12.0. The number of nitrogens with one attached hydrogen (secondary N) is 1. The fourth-order valence-electron chi connectivity index (χ4n) is 3.12. The van der Waals surface area contributed by atoms with Crippen LogP contribution in [0.5, 0.6) is 0 Å². The molecule has 0 aromatic carbocycles. The van der Waals surface area contributed by atoms with Gasteiger partial charge in [0.1, 0.15) is 5.82 Å². The lowest BCUT2D eigenvalue weighted by molar-refractivity contribution is 0.0964. The molecule has 0 aliphatic carbocycles. The lowest BCUT2D eigenvalue weighted by Gasteiger charge is -2.16. The molecule has 0 unspecified atom stereocenters. The fourth-order valence-corrected chi connectivity index (χ4v) is 3.12. The Morgan fingerprint density at radius 1 is 1.24 bits per heavy atom. The molecule has 2 aliphatic rings. The standard InChI is InChI=1S/C15H17N5O/c1-10-14-12(9-17-15(14)21)18-20(10)11-4-5-13(16-8-11)19-6-2-3-7-19/h4-5,8H,2-3,6-7,9H2,1H3,(H,17,21). The first kappa shape index (κ1) is 12.4. The third kappa shape index (κ3) is 1.90. The predicted molar refractivity (Wildman–Crippen MR) is 78.7 cm³/mol. The van der Waals surface area contributed by atoms with Gasteiger partial charge in [0, 0.05) is 13.1 Å². The summed E-state index contributed by atoms with van der Waals surface area (Å²) < 4.78 is 1.81. The number of amides is 1. The minimum Gasteiger partial charge on any atom is -0.357 e. The number of hydrogen-bond donors (Lipinski definition) is 1. The summed E-state index contributed by atoms with van der Waals surface area (Å²) in [5, 5.41) is 7.31. The minimum atomic E-state index is -0.0320. The Labute approximate surface area is 122 Å². The van der Waals surface area contributed by atoms with Gasteiger partial charge >= 0.3 is 0 Å². The molecule has 108 valence electrons. The maximum Gasteiger partial charge on any atom is 0.255 e. The van der Waals surface area contributed by atoms with E-state index in [1.165, 1.54) is 12.8 Å². The Morgan fingerprint density at radius 2 is 2.05 bits per heavy atom. The predicted octanol–water partition coefficient (Wildman–Crippen LogP) is 1.42. The van der Waals surface area contributed by atoms with Gasteiger partial charge in [-0.15, -0.1) is 0 Å². The highest BCUT2D eigenvalue weighted by atomic mass is 16.2. The van der Waals surface area contributed by atoms with Crippen molar-refractivity contribution in [2.45, 2.75) is 26.3 Å². The monoisotopic (exact) mass is 283 g/mol. The second kappa shape index (κ2) is 4.58. The molecule has 0 atom stereocenters. The van der Waals surface area contributed by atoms with Crippen molar-refractivity contribution in [2.75, 3.05) is 18.0 Å². The van der Waals surface area contributed by atoms with Gasteiger partial charge in [0.05, 0.1) is 35.4 Å². The highest BCUT2D eigenvalue weighted by Crippen LogP contribution is 2.23. The second-order valence-corrected chi connectivity index (χ2v) is 5.57. The van der Waals surface area contributed by atoms with Crippen LogP contribution < -0.4 is 10.2 Å². The van der Waals surface area contributed by atoms with Gasteiger partial charge in [-0.05, 0) is 31.9 Å². The highest BCUT2D eigenvalue weighted by molar-refractivity contribution is 5.99. The Hall–Kier alpha value is -2.37. The molecule has 4 rings (SSSR count). The average Bonchev–Trinajstić information content (AvgIpc) is 3.20. The topological polar surface area (TPSA) is 63.1 Å². The van der Waals surface area contributed by atoms with E-state index in [0.29, 0.717) is 12.1 Å². The Morgan fingerprint density at radius 3 is 2.71 bits per heavy atom. The van der Waals surface area contributed by atoms with E-state index in [-0.39, 0.29) is 5.91 Å². The Kier molecular flexibility index (Phi) is 2.70. The average molecular weight is 283 g/mol. The summed E-state index contributed by atoms with van der Waals surface area (Å²) in [5.41, 5.74) is 3.30. The van der Waals surface area contributed by atoms with Crippen molar-refractivity contribution >= 4 is 11.7 Å². The lowest BCUT2D eigenvalue weighted by atomic mass is 10.2. The number of anilines is 1. The van der Waals surface area contributed by atoms with Gasteiger partial charge in [0.15, 0.2) is 0 Å². The maximum atomic E-state index is 11.8. The van der Waals surface area contributed by atoms with Crippen molar-refractivity contribution in [3.05, 3.63) is 35.3 Å². The van der Waals surface area contributed by atoms with Crippen LogP contribution in [0.15, 0.2) is 18.3 Å². The smallest absolute Gasteiger partial charge is 0.255 e. The van der Waals surface area contributed by atoms with Gasteiger partial charge in [0.2, 0.25) is 0 Å². The van der Waals surface area contributed by atoms with Crippen LogP contribution in [0.3, 0.4) is 0 Å². The number of hydrogen-bond acceptors (Lipinski definition) is 4. The molecule has 4 heterocycles. The zero-order valence-corrected chi connectivity index (χ0v) is 12.0. The molecular weight excluding hydrogens is 266 g/mol. The van der Waals surface area contributed by atoms with Crippen LogP contribution in [0.1, 0.15) is 34.6 Å². The summed E-state index contributed by atoms with van der Waals surface area (Å²) in [5.74, 6) is 0.988. The van der Waals surface area contributed by atoms with E-state index in [1.54, 1.807) is 0 Å². The normalized spacial score (nSPS) is 17.2. The van der Waals surface area contributed by atoms with Gasteiger partial charge in [-0.25, -0.2) is 9.67 Å². The summed E-state index contributed by atoms with van der Waals surface area (Å²) in [6.07, 6.45) is 4.31. The van der Waals surface area contributed by atoms with Gasteiger partial charge in [-0.1, -0.05) is 0 Å². The molecule has 6 heteroatoms. The summed E-state index contributed by atoms with van der Waals surface area (Å²) in [6, 6.07) is 4.06. The minimum absolute atomic E-state index is 0.0320. The molecule has 1 fully saturated rings. The number of pyridine rings is 1. The van der Waals surface area contributed by atoms with Gasteiger partial charge in [-0.2, -0.15) is 5.10 Å². The van der Waals surface area contributed by atoms with Crippen molar-refractivity contribution in [2.24, 2.45) is 0 Å². The van der Waals surface area contributed by atoms with E-state index in [1.807, 2.05) is 29.9 Å². The van der Waals surface area contributed by atoms with Crippen molar-refractivity contribution in [1.29, 1.82) is 0 Å². The number of fused-ring (bicyclic) bond motifs is 1. The number of carbonyl (C=O) groups excluding carboxylic acids is 1. The van der Waals surface area contributed by atoms with E-state index in [0.717, 1.165) is 36.0 Å². The third-order valence-corrected chi connectivity index (χ3v) is 4.24. The Balaban J connectivity index is 1.68. The first-order chi connectivity index (χ1) is 10.2. The Bertz CT molecular complexity index is 698. The molecular formula is C15H17N5O. The van der Waals surface area contributed by atoms with Crippen molar-refractivity contribution < 1.29 is 4.79 Å². The largest absolute Gasteiger partial charge is 0.357 e. The summed E-state index contributed by atoms with van der Waals surface area (Å²) in [6.45, 7) is 4.61. The second-order valence-electron chi connectivity index (χ2n) is 5.57. The van der Waals surface area contributed by atoms with Crippen molar-refractivity contribution in [3.63, 3.8) is 0 Å². The highest BCUT2D eigenvalue weighted by Gasteiger charge is 2.27. The molecule has 0 spiro atoms. The van der Waals surface area contributed by atoms with Crippen molar-refractivity contribution in [3.8, 4) is 5.69 Å². The van der Waals surface area contributed by atoms with E-state index >= 15 is 0 Å². The molecule has 1 saturated heterocycles. The van der Waals surface area contributed by atoms with Crippen LogP contribution in [0, 0.1) is 6.92 Å². The number of aromatic nitrogens is 3. The first-order valence-electron chi connectivity index (χ1n) is 7.32. The van der Waals surface area contributed by atoms with Gasteiger partial charge < -0.3 is 10.2 Å². The van der Waals surface area contributed by atoms with E-state index in [2.05, 4.69) is 20.3 Å². The van der Waals surface area contributed by atoms with E-state index < -0.39 is 0 Å². The molecule has 0 saturated carbocycles. The quantitative estimate of drug-likeness (QED) is 0.905. The van der Waals surface area contributed by atoms with Crippen molar-refractivity contribution in [1.82, 2.24) is 20.1 Å². The van der Waals surface area contributed by atoms with Crippen LogP contribution in [0.4, 0.5) is 5.82 Å². The molecule has 1 N–H and O–H groups in total. The third-order valence-electron chi connectivity index (χ3n) is 4.24. The van der Waals surface area contributed by atoms with E-state index in [9.17, 15) is 4.79 Å². The lowest BCUT2D eigenvalue weighted by Crippen LogP contribution is -2.19. The molecule has 2 aromatic heterocycles. The van der Waals surface area contributed by atoms with Gasteiger partial charge in [-0.3, -0.25) is 4.79 Å². The summed E-state index contributed by atoms with van der Waals surface area (Å²) >= 11 is 0. The maximum absolute atomic E-state index is 11.8. The van der Waals surface area contributed by atoms with Crippen LogP contribution in [0.25, 0.3) is 5.69 Å². The van der Waals surface area contributed by atoms with Crippen LogP contribution in [-0.2, 0) is 6.54 Å². The SMILES string of the molecule is Cc1c2c(nn1-c1ccc(N3CCCC3)nc1)CNC2=O. The van der Waals surface area contributed by atoms with Crippen LogP contribution in [0.2, 0.25) is 0 Å². The molecule has 6 nitrogen and oxygen atoms in total. The first-order valence-corrected chi connectivity index (χ1v) is 7.32. The van der Waals surface area contributed by atoms with E-state index in [4.69, 9.17) is 0 Å². The fraction of sp³-hybridized carbons (Fsp3) is 0.400. The molecule has 1 amide bonds. The number of nitrogens with zero attached hydrogens (tertiary/aromatic N) is 4. The molecule has 21 heavy (non-hydrogen) atoms. The number of rotatable bonds is 2. The number of carbonyl (C=O) groups is 1. The zero-order chi connectivity index (χ0) is 14.4. The van der Waals surface area contributed by atoms with Crippen LogP contribution >= 0.6 is 0 Å². The molecule has 2 aromatic rings. The molecule has 2 aliphatic heterocycles. The molecule has 0 radical (unpaired) electrons. The summed E-state index contributed by atoms with van der Waals surface area (Å²) in [4.78, 5) is 18.6. The molecule has 0 bridgehead atoms. The van der Waals surface area contributed by atoms with Gasteiger partial charge in [0.25, 0.3) is 5.91 Å². The summed E-state index contributed by atoms with van der Waals surface area (Å²) in [7, 11) is 0.